The van der Waals surface area contributed by atoms with E-state index < -0.39 is 5.97 Å². The molecule has 2 aromatic rings. The molecule has 14 heavy (non-hydrogen) atoms. The predicted molar refractivity (Wildman–Crippen MR) is 52.8 cm³/mol. The third kappa shape index (κ3) is 1.67. The molecule has 0 unspecified atom stereocenters. The summed E-state index contributed by atoms with van der Waals surface area (Å²) in [6.45, 7) is 0. The van der Waals surface area contributed by atoms with Gasteiger partial charge in [-0.2, -0.15) is 5.10 Å². The Morgan fingerprint density at radius 1 is 1.57 bits per heavy atom. The van der Waals surface area contributed by atoms with E-state index in [0.29, 0.717) is 5.69 Å². The van der Waals surface area contributed by atoms with Crippen LogP contribution in [0.5, 0.6) is 0 Å². The van der Waals surface area contributed by atoms with Crippen LogP contribution in [0.15, 0.2) is 29.8 Å². The first-order chi connectivity index (χ1) is 6.77. The summed E-state index contributed by atoms with van der Waals surface area (Å²) in [7, 11) is 0. The fourth-order valence-corrected chi connectivity index (χ4v) is 1.93. The number of carbonyl (C=O) groups is 1. The molecule has 4 nitrogen and oxygen atoms in total. The van der Waals surface area contributed by atoms with Crippen molar-refractivity contribution < 1.29 is 9.90 Å². The number of thiophene rings is 1. The zero-order valence-electron chi connectivity index (χ0n) is 7.25. The Bertz CT molecular complexity index is 433. The van der Waals surface area contributed by atoms with E-state index in [0.717, 1.165) is 5.00 Å². The highest BCUT2D eigenvalue weighted by Crippen LogP contribution is 2.16. The van der Waals surface area contributed by atoms with Gasteiger partial charge in [-0.25, -0.2) is 4.68 Å². The lowest BCUT2D eigenvalue weighted by Gasteiger charge is -2.01. The van der Waals surface area contributed by atoms with E-state index in [1.54, 1.807) is 16.9 Å². The van der Waals surface area contributed by atoms with E-state index >= 15 is 0 Å². The summed E-state index contributed by atoms with van der Waals surface area (Å²) in [4.78, 5) is 10.6. The fourth-order valence-electron chi connectivity index (χ4n) is 1.21. The number of nitrogens with zero attached hydrogens (tertiary/aromatic N) is 2. The molecule has 1 N–H and O–H groups in total. The Kier molecular flexibility index (Phi) is 2.32. The van der Waals surface area contributed by atoms with Crippen molar-refractivity contribution in [3.05, 3.63) is 35.5 Å². The average molecular weight is 208 g/mol. The first kappa shape index (κ1) is 8.96. The summed E-state index contributed by atoms with van der Waals surface area (Å²) in [5, 5.41) is 15.6. The van der Waals surface area contributed by atoms with Crippen LogP contribution in [0.4, 0.5) is 0 Å². The molecule has 2 aromatic heterocycles. The topological polar surface area (TPSA) is 55.1 Å². The SMILES string of the molecule is O=C(O)Cc1ccnn1-c1cccs1. The van der Waals surface area contributed by atoms with E-state index in [2.05, 4.69) is 5.10 Å². The summed E-state index contributed by atoms with van der Waals surface area (Å²) in [6, 6.07) is 5.53. The molecule has 0 radical (unpaired) electrons. The molecule has 0 aliphatic rings. The minimum atomic E-state index is -0.844. The highest BCUT2D eigenvalue weighted by Gasteiger charge is 2.08. The van der Waals surface area contributed by atoms with Crippen molar-refractivity contribution >= 4 is 17.3 Å². The molecule has 0 bridgehead atoms. The summed E-state index contributed by atoms with van der Waals surface area (Å²) in [6.07, 6.45) is 1.61. The average Bonchev–Trinajstić information content (AvgIpc) is 2.70. The highest BCUT2D eigenvalue weighted by molar-refractivity contribution is 7.12. The standard InChI is InChI=1S/C9H8N2O2S/c12-9(13)6-7-3-4-10-11(7)8-2-1-5-14-8/h1-5H,6H2,(H,12,13). The molecule has 0 aliphatic carbocycles. The van der Waals surface area contributed by atoms with Crippen LogP contribution >= 0.6 is 11.3 Å². The van der Waals surface area contributed by atoms with Crippen molar-refractivity contribution in [1.82, 2.24) is 9.78 Å². The number of aliphatic carboxylic acids is 1. The van der Waals surface area contributed by atoms with Crippen molar-refractivity contribution in [2.24, 2.45) is 0 Å². The molecule has 0 atom stereocenters. The van der Waals surface area contributed by atoms with E-state index in [9.17, 15) is 4.79 Å². The van der Waals surface area contributed by atoms with Crippen LogP contribution in [-0.4, -0.2) is 20.9 Å². The first-order valence-electron chi connectivity index (χ1n) is 4.06. The molecular formula is C9H8N2O2S. The lowest BCUT2D eigenvalue weighted by Crippen LogP contribution is -2.06. The van der Waals surface area contributed by atoms with E-state index in [1.807, 2.05) is 17.5 Å². The van der Waals surface area contributed by atoms with Gasteiger partial charge < -0.3 is 5.11 Å². The van der Waals surface area contributed by atoms with E-state index in [-0.39, 0.29) is 6.42 Å². The summed E-state index contributed by atoms with van der Waals surface area (Å²) < 4.78 is 1.65. The van der Waals surface area contributed by atoms with Crippen molar-refractivity contribution in [1.29, 1.82) is 0 Å². The monoisotopic (exact) mass is 208 g/mol. The number of rotatable bonds is 3. The van der Waals surface area contributed by atoms with Crippen molar-refractivity contribution in [3.63, 3.8) is 0 Å². The van der Waals surface area contributed by atoms with Crippen LogP contribution in [0.2, 0.25) is 0 Å². The van der Waals surface area contributed by atoms with Gasteiger partial charge in [0.25, 0.3) is 0 Å². The number of hydrogen-bond donors (Lipinski definition) is 1. The maximum Gasteiger partial charge on any atom is 0.309 e. The largest absolute Gasteiger partial charge is 0.481 e. The second kappa shape index (κ2) is 3.63. The first-order valence-corrected chi connectivity index (χ1v) is 4.94. The van der Waals surface area contributed by atoms with Crippen LogP contribution in [0.3, 0.4) is 0 Å². The maximum absolute atomic E-state index is 10.6. The Balaban J connectivity index is 2.35. The third-order valence-electron chi connectivity index (χ3n) is 1.77. The van der Waals surface area contributed by atoms with Crippen LogP contribution < -0.4 is 0 Å². The highest BCUT2D eigenvalue weighted by atomic mass is 32.1. The zero-order chi connectivity index (χ0) is 9.97. The van der Waals surface area contributed by atoms with Crippen molar-refractivity contribution in [3.8, 4) is 5.00 Å². The molecule has 0 saturated carbocycles. The second-order valence-electron chi connectivity index (χ2n) is 2.76. The lowest BCUT2D eigenvalue weighted by molar-refractivity contribution is -0.136. The molecule has 0 spiro atoms. The van der Waals surface area contributed by atoms with Crippen LogP contribution in [0.25, 0.3) is 5.00 Å². The molecule has 0 fully saturated rings. The fraction of sp³-hybridized carbons (Fsp3) is 0.111. The Labute approximate surface area is 84.4 Å². The smallest absolute Gasteiger partial charge is 0.309 e. The summed E-state index contributed by atoms with van der Waals surface area (Å²) in [5.74, 6) is -0.844. The number of aromatic nitrogens is 2. The quantitative estimate of drug-likeness (QED) is 0.832. The van der Waals surface area contributed by atoms with Crippen molar-refractivity contribution in [2.75, 3.05) is 0 Å². The lowest BCUT2D eigenvalue weighted by atomic mass is 10.3. The van der Waals surface area contributed by atoms with Crippen LogP contribution in [0, 0.1) is 0 Å². The van der Waals surface area contributed by atoms with E-state index in [1.165, 1.54) is 11.3 Å². The molecule has 2 heterocycles. The maximum atomic E-state index is 10.6. The number of hydrogen-bond acceptors (Lipinski definition) is 3. The molecule has 0 amide bonds. The Morgan fingerprint density at radius 3 is 3.07 bits per heavy atom. The molecule has 0 aliphatic heterocycles. The van der Waals surface area contributed by atoms with Gasteiger partial charge in [-0.1, -0.05) is 0 Å². The van der Waals surface area contributed by atoms with Gasteiger partial charge in [-0.3, -0.25) is 4.79 Å². The molecule has 5 heteroatoms. The van der Waals surface area contributed by atoms with Gasteiger partial charge in [-0.15, -0.1) is 11.3 Å². The number of carboxylic acid groups (broad SMARTS) is 1. The zero-order valence-corrected chi connectivity index (χ0v) is 8.07. The Morgan fingerprint density at radius 2 is 2.43 bits per heavy atom. The second-order valence-corrected chi connectivity index (χ2v) is 3.68. The van der Waals surface area contributed by atoms with Gasteiger partial charge in [0.05, 0.1) is 12.1 Å². The molecule has 2 rings (SSSR count). The van der Waals surface area contributed by atoms with Gasteiger partial charge in [0.15, 0.2) is 0 Å². The van der Waals surface area contributed by atoms with Gasteiger partial charge in [0.2, 0.25) is 0 Å². The van der Waals surface area contributed by atoms with E-state index in [4.69, 9.17) is 5.11 Å². The van der Waals surface area contributed by atoms with Gasteiger partial charge >= 0.3 is 5.97 Å². The molecule has 0 saturated heterocycles. The summed E-state index contributed by atoms with van der Waals surface area (Å²) >= 11 is 1.53. The van der Waals surface area contributed by atoms with Crippen LogP contribution in [-0.2, 0) is 11.2 Å². The Hall–Kier alpha value is -1.62. The molecule has 72 valence electrons. The predicted octanol–water partition coefficient (Wildman–Crippen LogP) is 1.56. The number of carboxylic acids is 1. The molecular weight excluding hydrogens is 200 g/mol. The third-order valence-corrected chi connectivity index (χ3v) is 2.61. The van der Waals surface area contributed by atoms with Crippen LogP contribution in [0.1, 0.15) is 5.69 Å². The molecule has 0 aromatic carbocycles. The van der Waals surface area contributed by atoms with Gasteiger partial charge in [0.1, 0.15) is 5.00 Å². The van der Waals surface area contributed by atoms with Crippen molar-refractivity contribution in [2.45, 2.75) is 6.42 Å². The normalized spacial score (nSPS) is 10.3. The summed E-state index contributed by atoms with van der Waals surface area (Å²) in [5.41, 5.74) is 0.694. The minimum Gasteiger partial charge on any atom is -0.481 e. The van der Waals surface area contributed by atoms with Gasteiger partial charge in [0, 0.05) is 6.20 Å². The van der Waals surface area contributed by atoms with Gasteiger partial charge in [-0.05, 0) is 23.6 Å². The minimum absolute atomic E-state index is 0.00208.